The van der Waals surface area contributed by atoms with Crippen LogP contribution >= 0.6 is 12.4 Å². The number of Topliss-reactive ketones (excluding diaryl/α,β-unsaturated/α-hetero) is 1. The molecule has 3 rings (SSSR count). The number of ketones is 1. The summed E-state index contributed by atoms with van der Waals surface area (Å²) in [6.45, 7) is 0.451. The van der Waals surface area contributed by atoms with Crippen LogP contribution < -0.4 is 5.32 Å². The van der Waals surface area contributed by atoms with E-state index in [9.17, 15) is 13.6 Å². The third-order valence-electron chi connectivity index (χ3n) is 3.71. The molecule has 5 heteroatoms. The highest BCUT2D eigenvalue weighted by atomic mass is 35.5. The van der Waals surface area contributed by atoms with Crippen LogP contribution in [-0.4, -0.2) is 18.9 Å². The van der Waals surface area contributed by atoms with E-state index in [4.69, 9.17) is 0 Å². The quantitative estimate of drug-likeness (QED) is 0.825. The van der Waals surface area contributed by atoms with Crippen molar-refractivity contribution in [1.82, 2.24) is 5.32 Å². The van der Waals surface area contributed by atoms with Gasteiger partial charge in [-0.1, -0.05) is 48.5 Å². The molecule has 0 aliphatic carbocycles. The van der Waals surface area contributed by atoms with Gasteiger partial charge in [-0.05, 0) is 12.1 Å². The van der Waals surface area contributed by atoms with Gasteiger partial charge in [-0.3, -0.25) is 4.79 Å². The number of carbonyl (C=O) groups is 1. The standard InChI is InChI=1S/C19H15F2NO.ClH/c20-17-9-5-4-8-14(17)10-15-11-22-12-16(19(15)23)18(21)13-6-2-1-3-7-13;/h1-10,22H,11-12H2;1H/b15-10+,18-16-;. The average molecular weight is 348 g/mol. The molecule has 0 atom stereocenters. The Morgan fingerprint density at radius 2 is 1.67 bits per heavy atom. The first-order chi connectivity index (χ1) is 11.2. The van der Waals surface area contributed by atoms with Gasteiger partial charge in [0.2, 0.25) is 0 Å². The SMILES string of the molecule is Cl.O=C1/C(=C(\F)c2ccccc2)CNC/C1=C\c1ccccc1F. The first-order valence-electron chi connectivity index (χ1n) is 7.31. The summed E-state index contributed by atoms with van der Waals surface area (Å²) >= 11 is 0. The minimum absolute atomic E-state index is 0. The van der Waals surface area contributed by atoms with Gasteiger partial charge in [0.05, 0.1) is 0 Å². The molecule has 124 valence electrons. The molecule has 1 heterocycles. The van der Waals surface area contributed by atoms with E-state index in [-0.39, 0.29) is 30.3 Å². The maximum Gasteiger partial charge on any atom is 0.190 e. The molecule has 24 heavy (non-hydrogen) atoms. The van der Waals surface area contributed by atoms with E-state index in [1.165, 1.54) is 12.1 Å². The maximum atomic E-state index is 14.6. The van der Waals surface area contributed by atoms with Crippen LogP contribution in [0.25, 0.3) is 11.9 Å². The molecule has 0 saturated carbocycles. The van der Waals surface area contributed by atoms with Gasteiger partial charge in [-0.15, -0.1) is 12.4 Å². The van der Waals surface area contributed by atoms with Crippen LogP contribution in [0.15, 0.2) is 65.7 Å². The molecule has 0 bridgehead atoms. The molecule has 1 aliphatic heterocycles. The Morgan fingerprint density at radius 1 is 1.00 bits per heavy atom. The highest BCUT2D eigenvalue weighted by molar-refractivity contribution is 6.15. The Bertz CT molecular complexity index is 800. The van der Waals surface area contributed by atoms with Crippen LogP contribution in [0.1, 0.15) is 11.1 Å². The fraction of sp³-hybridized carbons (Fsp3) is 0.105. The minimum atomic E-state index is -0.540. The lowest BCUT2D eigenvalue weighted by atomic mass is 9.95. The van der Waals surface area contributed by atoms with E-state index >= 15 is 0 Å². The molecular formula is C19H16ClF2NO. The van der Waals surface area contributed by atoms with Gasteiger partial charge in [0.1, 0.15) is 11.6 Å². The van der Waals surface area contributed by atoms with Crippen LogP contribution in [-0.2, 0) is 4.79 Å². The van der Waals surface area contributed by atoms with Gasteiger partial charge < -0.3 is 5.32 Å². The molecule has 2 aromatic rings. The Kier molecular flexibility index (Phi) is 6.01. The van der Waals surface area contributed by atoms with Crippen LogP contribution in [0, 0.1) is 5.82 Å². The Labute approximate surface area is 145 Å². The van der Waals surface area contributed by atoms with E-state index in [0.717, 1.165) is 0 Å². The van der Waals surface area contributed by atoms with E-state index in [1.54, 1.807) is 48.5 Å². The highest BCUT2D eigenvalue weighted by Crippen LogP contribution is 2.25. The predicted molar refractivity (Wildman–Crippen MR) is 94.0 cm³/mol. The van der Waals surface area contributed by atoms with E-state index in [1.807, 2.05) is 0 Å². The second-order valence-electron chi connectivity index (χ2n) is 5.28. The lowest BCUT2D eigenvalue weighted by Crippen LogP contribution is -2.33. The molecule has 0 spiro atoms. The molecule has 1 fully saturated rings. The molecule has 0 radical (unpaired) electrons. The number of hydrogen-bond acceptors (Lipinski definition) is 2. The van der Waals surface area contributed by atoms with Gasteiger partial charge in [-0.2, -0.15) is 0 Å². The van der Waals surface area contributed by atoms with Crippen molar-refractivity contribution in [3.05, 3.63) is 82.7 Å². The molecule has 1 saturated heterocycles. The summed E-state index contributed by atoms with van der Waals surface area (Å²) in [5, 5.41) is 3.00. The Balaban J connectivity index is 0.00000208. The molecule has 2 aromatic carbocycles. The lowest BCUT2D eigenvalue weighted by molar-refractivity contribution is -0.112. The zero-order valence-corrected chi connectivity index (χ0v) is 13.6. The normalized spacial score (nSPS) is 18.2. The number of benzene rings is 2. The second-order valence-corrected chi connectivity index (χ2v) is 5.28. The number of halogens is 3. The van der Waals surface area contributed by atoms with Crippen molar-refractivity contribution in [2.45, 2.75) is 0 Å². The summed E-state index contributed by atoms with van der Waals surface area (Å²) in [6, 6.07) is 14.6. The Hall–Kier alpha value is -2.30. The number of carbonyl (C=O) groups excluding carboxylic acids is 1. The van der Waals surface area contributed by atoms with Crippen LogP contribution in [0.4, 0.5) is 8.78 Å². The largest absolute Gasteiger partial charge is 0.308 e. The zero-order valence-electron chi connectivity index (χ0n) is 12.8. The average Bonchev–Trinajstić information content (AvgIpc) is 2.59. The van der Waals surface area contributed by atoms with Crippen LogP contribution in [0.5, 0.6) is 0 Å². The van der Waals surface area contributed by atoms with Crippen molar-refractivity contribution in [2.24, 2.45) is 0 Å². The summed E-state index contributed by atoms with van der Waals surface area (Å²) in [6.07, 6.45) is 1.47. The first-order valence-corrected chi connectivity index (χ1v) is 7.31. The summed E-state index contributed by atoms with van der Waals surface area (Å²) in [5.74, 6) is -1.33. The van der Waals surface area contributed by atoms with E-state index in [0.29, 0.717) is 23.2 Å². The van der Waals surface area contributed by atoms with E-state index < -0.39 is 11.6 Å². The van der Waals surface area contributed by atoms with Crippen LogP contribution in [0.3, 0.4) is 0 Å². The van der Waals surface area contributed by atoms with Crippen molar-refractivity contribution < 1.29 is 13.6 Å². The van der Waals surface area contributed by atoms with Gasteiger partial charge in [-0.25, -0.2) is 8.78 Å². The van der Waals surface area contributed by atoms with Crippen molar-refractivity contribution in [1.29, 1.82) is 0 Å². The maximum absolute atomic E-state index is 14.6. The van der Waals surface area contributed by atoms with Crippen molar-refractivity contribution in [3.63, 3.8) is 0 Å². The van der Waals surface area contributed by atoms with Crippen molar-refractivity contribution in [3.8, 4) is 0 Å². The van der Waals surface area contributed by atoms with E-state index in [2.05, 4.69) is 5.32 Å². The van der Waals surface area contributed by atoms with Crippen LogP contribution in [0.2, 0.25) is 0 Å². The number of piperidine rings is 1. The summed E-state index contributed by atoms with van der Waals surface area (Å²) in [4.78, 5) is 12.5. The number of hydrogen-bond donors (Lipinski definition) is 1. The molecular weight excluding hydrogens is 332 g/mol. The summed E-state index contributed by atoms with van der Waals surface area (Å²) in [7, 11) is 0. The van der Waals surface area contributed by atoms with Crippen molar-refractivity contribution in [2.75, 3.05) is 13.1 Å². The second kappa shape index (κ2) is 7.99. The minimum Gasteiger partial charge on any atom is -0.308 e. The predicted octanol–water partition coefficient (Wildman–Crippen LogP) is 4.18. The molecule has 1 aliphatic rings. The fourth-order valence-corrected chi connectivity index (χ4v) is 2.51. The first kappa shape index (κ1) is 18.0. The van der Waals surface area contributed by atoms with Gasteiger partial charge in [0, 0.05) is 35.4 Å². The number of rotatable bonds is 2. The fourth-order valence-electron chi connectivity index (χ4n) is 2.51. The summed E-state index contributed by atoms with van der Waals surface area (Å²) in [5.41, 5.74) is 1.11. The van der Waals surface area contributed by atoms with Gasteiger partial charge in [0.15, 0.2) is 5.78 Å². The molecule has 0 amide bonds. The molecule has 2 nitrogen and oxygen atoms in total. The third kappa shape index (κ3) is 3.78. The zero-order chi connectivity index (χ0) is 16.2. The summed E-state index contributed by atoms with van der Waals surface area (Å²) < 4.78 is 28.3. The lowest BCUT2D eigenvalue weighted by Gasteiger charge is -2.19. The topological polar surface area (TPSA) is 29.1 Å². The van der Waals surface area contributed by atoms with Crippen molar-refractivity contribution >= 4 is 30.1 Å². The number of nitrogens with one attached hydrogen (secondary N) is 1. The van der Waals surface area contributed by atoms with Gasteiger partial charge in [0.25, 0.3) is 0 Å². The van der Waals surface area contributed by atoms with Gasteiger partial charge >= 0.3 is 0 Å². The smallest absolute Gasteiger partial charge is 0.190 e. The molecule has 1 N–H and O–H groups in total. The third-order valence-corrected chi connectivity index (χ3v) is 3.71. The monoisotopic (exact) mass is 347 g/mol. The highest BCUT2D eigenvalue weighted by Gasteiger charge is 2.24. The Morgan fingerprint density at radius 3 is 2.38 bits per heavy atom. The molecule has 0 aromatic heterocycles. The molecule has 0 unspecified atom stereocenters.